The van der Waals surface area contributed by atoms with Crippen LogP contribution in [0.2, 0.25) is 0 Å². The average Bonchev–Trinajstić information content (AvgIpc) is 2.32. The van der Waals surface area contributed by atoms with Crippen LogP contribution in [0.15, 0.2) is 0 Å². The van der Waals surface area contributed by atoms with Crippen LogP contribution in [-0.2, 0) is 6.42 Å². The van der Waals surface area contributed by atoms with Crippen LogP contribution in [0.25, 0.3) is 0 Å². The number of hydrogen-bond acceptors (Lipinski definition) is 3. The van der Waals surface area contributed by atoms with E-state index in [4.69, 9.17) is 0 Å². The van der Waals surface area contributed by atoms with Gasteiger partial charge >= 0.3 is 0 Å². The Kier molecular flexibility index (Phi) is 5.44. The van der Waals surface area contributed by atoms with E-state index in [2.05, 4.69) is 58.6 Å². The van der Waals surface area contributed by atoms with Crippen molar-refractivity contribution in [3.8, 4) is 0 Å². The lowest BCUT2D eigenvalue weighted by molar-refractivity contribution is 0.598. The Balaban J connectivity index is 3.20. The lowest BCUT2D eigenvalue weighted by Gasteiger charge is -2.15. The second-order valence-corrected chi connectivity index (χ2v) is 4.89. The summed E-state index contributed by atoms with van der Waals surface area (Å²) in [7, 11) is 1.92. The number of nitrogens with one attached hydrogen (secondary N) is 1. The zero-order chi connectivity index (χ0) is 12.1. The maximum atomic E-state index is 4.68. The molecule has 1 aromatic rings. The normalized spacial score (nSPS) is 10.9. The number of nitrogens with zero attached hydrogens (tertiary/aromatic N) is 2. The Hall–Kier alpha value is -0.390. The molecule has 0 aliphatic heterocycles. The van der Waals surface area contributed by atoms with E-state index in [0.717, 1.165) is 40.2 Å². The molecule has 1 rings (SSSR count). The van der Waals surface area contributed by atoms with E-state index >= 15 is 0 Å². The second-order valence-electron chi connectivity index (χ2n) is 3.81. The Morgan fingerprint density at radius 3 is 2.25 bits per heavy atom. The first-order valence-electron chi connectivity index (χ1n) is 5.91. The van der Waals surface area contributed by atoms with Crippen LogP contribution in [0.5, 0.6) is 0 Å². The molecule has 0 aliphatic rings. The summed E-state index contributed by atoms with van der Waals surface area (Å²) in [6.45, 7) is 6.53. The predicted octanol–water partition coefficient (Wildman–Crippen LogP) is 3.59. The standard InChI is InChI=1S/C12H20IN3/c1-5-8(6-2)11-15-9(7-3)10(13)12(14-4)16-11/h8H,5-7H2,1-4H3,(H,14,15,16). The summed E-state index contributed by atoms with van der Waals surface area (Å²) in [4.78, 5) is 9.29. The summed E-state index contributed by atoms with van der Waals surface area (Å²) >= 11 is 2.32. The molecule has 0 fully saturated rings. The van der Waals surface area contributed by atoms with Gasteiger partial charge in [-0.25, -0.2) is 9.97 Å². The fourth-order valence-corrected chi connectivity index (χ4v) is 2.64. The Morgan fingerprint density at radius 1 is 1.19 bits per heavy atom. The van der Waals surface area contributed by atoms with Crippen LogP contribution < -0.4 is 5.32 Å². The number of aromatic nitrogens is 2. The van der Waals surface area contributed by atoms with Gasteiger partial charge in [-0.2, -0.15) is 0 Å². The second kappa shape index (κ2) is 6.37. The van der Waals surface area contributed by atoms with Crippen LogP contribution in [0.1, 0.15) is 51.0 Å². The van der Waals surface area contributed by atoms with Crippen molar-refractivity contribution in [3.05, 3.63) is 15.1 Å². The molecule has 0 atom stereocenters. The topological polar surface area (TPSA) is 37.8 Å². The Bertz CT molecular complexity index is 323. The molecule has 1 aromatic heterocycles. The van der Waals surface area contributed by atoms with Crippen molar-refractivity contribution in [2.45, 2.75) is 46.0 Å². The summed E-state index contributed by atoms with van der Waals surface area (Å²) in [5.41, 5.74) is 1.15. The van der Waals surface area contributed by atoms with Gasteiger partial charge in [0.15, 0.2) is 0 Å². The third-order valence-corrected chi connectivity index (χ3v) is 3.99. The molecule has 0 spiro atoms. The first-order chi connectivity index (χ1) is 7.67. The van der Waals surface area contributed by atoms with Crippen molar-refractivity contribution in [2.75, 3.05) is 12.4 Å². The quantitative estimate of drug-likeness (QED) is 0.837. The monoisotopic (exact) mass is 333 g/mol. The number of aryl methyl sites for hydroxylation is 1. The summed E-state index contributed by atoms with van der Waals surface area (Å²) in [6, 6.07) is 0. The molecule has 90 valence electrons. The highest BCUT2D eigenvalue weighted by Crippen LogP contribution is 2.25. The molecule has 0 bridgehead atoms. The van der Waals surface area contributed by atoms with Gasteiger partial charge in [0.05, 0.1) is 9.26 Å². The van der Waals surface area contributed by atoms with Crippen LogP contribution in [0.3, 0.4) is 0 Å². The summed E-state index contributed by atoms with van der Waals surface area (Å²) in [6.07, 6.45) is 3.16. The van der Waals surface area contributed by atoms with Gasteiger partial charge in [-0.3, -0.25) is 0 Å². The zero-order valence-corrected chi connectivity index (χ0v) is 12.6. The highest BCUT2D eigenvalue weighted by Gasteiger charge is 2.15. The van der Waals surface area contributed by atoms with Gasteiger partial charge < -0.3 is 5.32 Å². The van der Waals surface area contributed by atoms with Crippen molar-refractivity contribution < 1.29 is 0 Å². The van der Waals surface area contributed by atoms with Crippen molar-refractivity contribution in [2.24, 2.45) is 0 Å². The molecule has 0 saturated heterocycles. The van der Waals surface area contributed by atoms with Crippen LogP contribution >= 0.6 is 22.6 Å². The lowest BCUT2D eigenvalue weighted by Crippen LogP contribution is -2.10. The van der Waals surface area contributed by atoms with Crippen LogP contribution in [0, 0.1) is 3.57 Å². The minimum Gasteiger partial charge on any atom is -0.372 e. The van der Waals surface area contributed by atoms with Crippen molar-refractivity contribution in [3.63, 3.8) is 0 Å². The Labute approximate surface area is 112 Å². The van der Waals surface area contributed by atoms with Crippen molar-refractivity contribution in [1.29, 1.82) is 0 Å². The lowest BCUT2D eigenvalue weighted by atomic mass is 10.0. The van der Waals surface area contributed by atoms with E-state index in [1.165, 1.54) is 0 Å². The minimum atomic E-state index is 0.481. The van der Waals surface area contributed by atoms with Gasteiger partial charge in [-0.15, -0.1) is 0 Å². The molecular formula is C12H20IN3. The van der Waals surface area contributed by atoms with E-state index < -0.39 is 0 Å². The predicted molar refractivity (Wildman–Crippen MR) is 77.0 cm³/mol. The number of hydrogen-bond donors (Lipinski definition) is 1. The largest absolute Gasteiger partial charge is 0.372 e. The van der Waals surface area contributed by atoms with Gasteiger partial charge in [0.25, 0.3) is 0 Å². The maximum Gasteiger partial charge on any atom is 0.143 e. The van der Waals surface area contributed by atoms with E-state index in [0.29, 0.717) is 5.92 Å². The maximum absolute atomic E-state index is 4.68. The fourth-order valence-electron chi connectivity index (χ4n) is 1.75. The third-order valence-electron chi connectivity index (χ3n) is 2.86. The smallest absolute Gasteiger partial charge is 0.143 e. The zero-order valence-electron chi connectivity index (χ0n) is 10.5. The molecule has 1 N–H and O–H groups in total. The summed E-state index contributed by atoms with van der Waals surface area (Å²) in [5.74, 6) is 2.44. The highest BCUT2D eigenvalue weighted by atomic mass is 127. The Morgan fingerprint density at radius 2 is 1.81 bits per heavy atom. The molecule has 0 radical (unpaired) electrons. The number of halogens is 1. The first kappa shape index (κ1) is 13.7. The molecule has 16 heavy (non-hydrogen) atoms. The highest BCUT2D eigenvalue weighted by molar-refractivity contribution is 14.1. The van der Waals surface area contributed by atoms with Crippen molar-refractivity contribution >= 4 is 28.4 Å². The van der Waals surface area contributed by atoms with Crippen molar-refractivity contribution in [1.82, 2.24) is 9.97 Å². The molecule has 3 nitrogen and oxygen atoms in total. The van der Waals surface area contributed by atoms with Gasteiger partial charge in [-0.05, 0) is 41.9 Å². The molecule has 1 heterocycles. The minimum absolute atomic E-state index is 0.481. The number of rotatable bonds is 5. The van der Waals surface area contributed by atoms with Gasteiger partial charge in [0.2, 0.25) is 0 Å². The molecule has 0 saturated carbocycles. The van der Waals surface area contributed by atoms with Gasteiger partial charge in [0.1, 0.15) is 11.6 Å². The van der Waals surface area contributed by atoms with Gasteiger partial charge in [-0.1, -0.05) is 20.8 Å². The molecule has 0 amide bonds. The van der Waals surface area contributed by atoms with Crippen LogP contribution in [-0.4, -0.2) is 17.0 Å². The van der Waals surface area contributed by atoms with E-state index in [-0.39, 0.29) is 0 Å². The van der Waals surface area contributed by atoms with E-state index in [1.54, 1.807) is 0 Å². The van der Waals surface area contributed by atoms with Crippen LogP contribution in [0.4, 0.5) is 5.82 Å². The fraction of sp³-hybridized carbons (Fsp3) is 0.667. The average molecular weight is 333 g/mol. The first-order valence-corrected chi connectivity index (χ1v) is 6.99. The molecule has 0 unspecified atom stereocenters. The molecule has 0 aliphatic carbocycles. The van der Waals surface area contributed by atoms with E-state index in [1.807, 2.05) is 7.05 Å². The summed E-state index contributed by atoms with van der Waals surface area (Å²) < 4.78 is 1.15. The van der Waals surface area contributed by atoms with Gasteiger partial charge in [0, 0.05) is 13.0 Å². The third kappa shape index (κ3) is 2.84. The molecular weight excluding hydrogens is 313 g/mol. The molecule has 4 heteroatoms. The summed E-state index contributed by atoms with van der Waals surface area (Å²) in [5, 5.41) is 3.15. The van der Waals surface area contributed by atoms with E-state index in [9.17, 15) is 0 Å². The number of anilines is 1. The SMILES string of the molecule is CCc1nc(C(CC)CC)nc(NC)c1I. The molecule has 0 aromatic carbocycles.